The van der Waals surface area contributed by atoms with E-state index in [0.717, 1.165) is 16.7 Å². The second-order valence-electron chi connectivity index (χ2n) is 8.98. The number of benzene rings is 4. The van der Waals surface area contributed by atoms with E-state index in [-0.39, 0.29) is 17.1 Å². The molecule has 1 aliphatic rings. The second kappa shape index (κ2) is 10.0. The van der Waals surface area contributed by atoms with Crippen molar-refractivity contribution in [2.45, 2.75) is 12.0 Å². The van der Waals surface area contributed by atoms with E-state index in [2.05, 4.69) is 5.10 Å². The second-order valence-corrected chi connectivity index (χ2v) is 8.98. The van der Waals surface area contributed by atoms with Gasteiger partial charge in [-0.25, -0.2) is 4.79 Å². The molecule has 0 aliphatic carbocycles. The van der Waals surface area contributed by atoms with Crippen molar-refractivity contribution in [3.05, 3.63) is 155 Å². The summed E-state index contributed by atoms with van der Waals surface area (Å²) < 4.78 is 19.8. The minimum atomic E-state index is -1.38. The number of ketones is 1. The number of esters is 1. The van der Waals surface area contributed by atoms with Gasteiger partial charge in [0.1, 0.15) is 5.56 Å². The topological polar surface area (TPSA) is 79.7 Å². The van der Waals surface area contributed by atoms with Gasteiger partial charge in [0, 0.05) is 22.3 Å². The Hall–Kier alpha value is -5.01. The Bertz CT molecular complexity index is 1580. The molecule has 0 bridgehead atoms. The Labute approximate surface area is 225 Å². The molecule has 0 spiro atoms. The lowest BCUT2D eigenvalue weighted by molar-refractivity contribution is -0.214. The van der Waals surface area contributed by atoms with E-state index in [0.29, 0.717) is 5.56 Å². The van der Waals surface area contributed by atoms with E-state index in [1.807, 2.05) is 97.1 Å². The number of hydrogen-bond acceptors (Lipinski definition) is 6. The normalized spacial score (nSPS) is 15.6. The van der Waals surface area contributed by atoms with Crippen molar-refractivity contribution in [3.63, 3.8) is 0 Å². The van der Waals surface area contributed by atoms with Crippen LogP contribution in [0.2, 0.25) is 0 Å². The number of aromatic nitrogens is 2. The molecule has 0 saturated heterocycles. The van der Waals surface area contributed by atoms with Crippen molar-refractivity contribution in [2.24, 2.45) is 0 Å². The molecule has 0 N–H and O–H groups in total. The fourth-order valence-electron chi connectivity index (χ4n) is 4.85. The van der Waals surface area contributed by atoms with Crippen LogP contribution in [0.25, 0.3) is 0 Å². The Morgan fingerprint density at radius 1 is 0.769 bits per heavy atom. The van der Waals surface area contributed by atoms with Gasteiger partial charge in [0.2, 0.25) is 23.7 Å². The summed E-state index contributed by atoms with van der Waals surface area (Å²) in [4.78, 5) is 27.0. The summed E-state index contributed by atoms with van der Waals surface area (Å²) in [6.45, 7) is 0. The lowest BCUT2D eigenvalue weighted by atomic mass is 9.93. The van der Waals surface area contributed by atoms with Gasteiger partial charge in [-0.15, -0.1) is 0 Å². The molecule has 1 unspecified atom stereocenters. The van der Waals surface area contributed by atoms with Crippen LogP contribution >= 0.6 is 0 Å². The average molecular weight is 517 g/mol. The molecule has 192 valence electrons. The average Bonchev–Trinajstić information content (AvgIpc) is 3.41. The fraction of sp³-hybridized carbons (Fsp3) is 0.0938. The van der Waals surface area contributed by atoms with E-state index >= 15 is 0 Å². The van der Waals surface area contributed by atoms with Crippen molar-refractivity contribution in [3.8, 4) is 5.88 Å². The summed E-state index contributed by atoms with van der Waals surface area (Å²) in [6.07, 6.45) is -0.927. The monoisotopic (exact) mass is 516 g/mol. The highest BCUT2D eigenvalue weighted by Crippen LogP contribution is 2.48. The Morgan fingerprint density at radius 3 is 1.82 bits per heavy atom. The zero-order valence-corrected chi connectivity index (χ0v) is 21.1. The predicted octanol–water partition coefficient (Wildman–Crippen LogP) is 5.76. The van der Waals surface area contributed by atoms with Gasteiger partial charge in [-0.2, -0.15) is 9.78 Å². The maximum absolute atomic E-state index is 14.0. The molecule has 1 aliphatic heterocycles. The van der Waals surface area contributed by atoms with E-state index in [1.54, 1.807) is 24.3 Å². The van der Waals surface area contributed by atoms with Crippen molar-refractivity contribution >= 4 is 11.8 Å². The van der Waals surface area contributed by atoms with E-state index in [1.165, 1.54) is 11.8 Å². The molecule has 1 aromatic heterocycles. The number of rotatable bonds is 6. The molecule has 0 radical (unpaired) electrons. The molecule has 5 aromatic rings. The third-order valence-corrected chi connectivity index (χ3v) is 6.68. The minimum absolute atomic E-state index is 0.00789. The Balaban J connectivity index is 1.70. The highest BCUT2D eigenvalue weighted by Gasteiger charge is 2.50. The molecule has 0 saturated carbocycles. The molecule has 1 atom stereocenters. The quantitative estimate of drug-likeness (QED) is 0.211. The van der Waals surface area contributed by atoms with Crippen LogP contribution in [0, 0.1) is 0 Å². The van der Waals surface area contributed by atoms with Gasteiger partial charge in [0.15, 0.2) is 5.69 Å². The standard InChI is InChI=1S/C32H24N2O5/c1-37-30(36)27-26(28(35)22-14-6-2-7-15-22)29-34(33-27)32(24-18-10-4-11-19-24,25-20-12-5-13-21-25)39-31(38-29)23-16-8-3-9-17-23/h2-21,31H,1H3. The van der Waals surface area contributed by atoms with Crippen LogP contribution in [0.4, 0.5) is 0 Å². The zero-order chi connectivity index (χ0) is 26.8. The number of carbonyl (C=O) groups is 2. The van der Waals surface area contributed by atoms with Crippen LogP contribution in [0.15, 0.2) is 121 Å². The van der Waals surface area contributed by atoms with Gasteiger partial charge in [0.05, 0.1) is 7.11 Å². The summed E-state index contributed by atoms with van der Waals surface area (Å²) in [6, 6.07) is 37.2. The van der Waals surface area contributed by atoms with E-state index < -0.39 is 23.8 Å². The Morgan fingerprint density at radius 2 is 1.28 bits per heavy atom. The van der Waals surface area contributed by atoms with E-state index in [4.69, 9.17) is 14.2 Å². The summed E-state index contributed by atoms with van der Waals surface area (Å²) in [5, 5.41) is 4.67. The van der Waals surface area contributed by atoms with E-state index in [9.17, 15) is 9.59 Å². The van der Waals surface area contributed by atoms with Gasteiger partial charge in [-0.3, -0.25) is 4.79 Å². The molecule has 7 heteroatoms. The molecule has 4 aromatic carbocycles. The van der Waals surface area contributed by atoms with Crippen LogP contribution < -0.4 is 4.74 Å². The Kier molecular flexibility index (Phi) is 6.26. The maximum Gasteiger partial charge on any atom is 0.359 e. The molecule has 7 nitrogen and oxygen atoms in total. The van der Waals surface area contributed by atoms with Crippen LogP contribution in [0.1, 0.15) is 49.4 Å². The first kappa shape index (κ1) is 24.3. The molecule has 0 fully saturated rings. The van der Waals surface area contributed by atoms with Gasteiger partial charge >= 0.3 is 5.97 Å². The summed E-state index contributed by atoms with van der Waals surface area (Å²) in [7, 11) is 1.25. The van der Waals surface area contributed by atoms with Crippen molar-refractivity contribution in [2.75, 3.05) is 7.11 Å². The van der Waals surface area contributed by atoms with Gasteiger partial charge in [0.25, 0.3) is 0 Å². The number of hydrogen-bond donors (Lipinski definition) is 0. The lowest BCUT2D eigenvalue weighted by Crippen LogP contribution is -2.46. The van der Waals surface area contributed by atoms with Crippen LogP contribution in [-0.2, 0) is 15.2 Å². The highest BCUT2D eigenvalue weighted by molar-refractivity contribution is 6.15. The smallest absolute Gasteiger partial charge is 0.359 e. The fourth-order valence-corrected chi connectivity index (χ4v) is 4.85. The molecule has 39 heavy (non-hydrogen) atoms. The summed E-state index contributed by atoms with van der Waals surface area (Å²) in [5.41, 5.74) is 1.06. The molecule has 6 rings (SSSR count). The van der Waals surface area contributed by atoms with Gasteiger partial charge < -0.3 is 14.2 Å². The third kappa shape index (κ3) is 4.09. The summed E-state index contributed by atoms with van der Waals surface area (Å²) in [5.74, 6) is -1.07. The first-order valence-electron chi connectivity index (χ1n) is 12.5. The third-order valence-electron chi connectivity index (χ3n) is 6.68. The summed E-state index contributed by atoms with van der Waals surface area (Å²) >= 11 is 0. The number of ether oxygens (including phenoxy) is 3. The zero-order valence-electron chi connectivity index (χ0n) is 21.1. The minimum Gasteiger partial charge on any atom is -0.464 e. The molecular formula is C32H24N2O5. The van der Waals surface area contributed by atoms with Gasteiger partial charge in [-0.1, -0.05) is 121 Å². The molecule has 0 amide bonds. The molecular weight excluding hydrogens is 492 g/mol. The van der Waals surface area contributed by atoms with Crippen molar-refractivity contribution < 1.29 is 23.8 Å². The maximum atomic E-state index is 14.0. The molecule has 2 heterocycles. The van der Waals surface area contributed by atoms with Gasteiger partial charge in [-0.05, 0) is 0 Å². The highest BCUT2D eigenvalue weighted by atomic mass is 16.7. The number of fused-ring (bicyclic) bond motifs is 1. The SMILES string of the molecule is COC(=O)c1nn2c(c1C(=O)c1ccccc1)OC(c1ccccc1)OC2(c1ccccc1)c1ccccc1. The van der Waals surface area contributed by atoms with Crippen LogP contribution in [-0.4, -0.2) is 28.6 Å². The lowest BCUT2D eigenvalue weighted by Gasteiger charge is -2.42. The van der Waals surface area contributed by atoms with Crippen molar-refractivity contribution in [1.29, 1.82) is 0 Å². The number of nitrogens with zero attached hydrogens (tertiary/aromatic N) is 2. The number of carbonyl (C=O) groups excluding carboxylic acids is 2. The number of methoxy groups -OCH3 is 1. The largest absolute Gasteiger partial charge is 0.464 e. The predicted molar refractivity (Wildman–Crippen MR) is 143 cm³/mol. The van der Waals surface area contributed by atoms with Crippen LogP contribution in [0.3, 0.4) is 0 Å². The van der Waals surface area contributed by atoms with Crippen LogP contribution in [0.5, 0.6) is 5.88 Å². The van der Waals surface area contributed by atoms with Crippen molar-refractivity contribution in [1.82, 2.24) is 9.78 Å². The first-order chi connectivity index (χ1) is 19.1. The first-order valence-corrected chi connectivity index (χ1v) is 12.5.